The van der Waals surface area contributed by atoms with Crippen molar-refractivity contribution in [3.8, 4) is 0 Å². The molecular formula is C15H25N. The van der Waals surface area contributed by atoms with E-state index in [2.05, 4.69) is 50.4 Å². The van der Waals surface area contributed by atoms with Gasteiger partial charge in [0.25, 0.3) is 0 Å². The van der Waals surface area contributed by atoms with E-state index in [0.717, 1.165) is 13.0 Å². The average molecular weight is 219 g/mol. The molecule has 1 N–H and O–H groups in total. The second-order valence-electron chi connectivity index (χ2n) is 4.41. The predicted molar refractivity (Wildman–Crippen MR) is 71.8 cm³/mol. The second-order valence-corrected chi connectivity index (χ2v) is 4.41. The monoisotopic (exact) mass is 219 g/mol. The summed E-state index contributed by atoms with van der Waals surface area (Å²) >= 11 is 0. The lowest BCUT2D eigenvalue weighted by atomic mass is 10.00. The van der Waals surface area contributed by atoms with E-state index < -0.39 is 0 Å². The van der Waals surface area contributed by atoms with Crippen molar-refractivity contribution in [2.75, 3.05) is 6.54 Å². The Kier molecular flexibility index (Phi) is 6.17. The Bertz CT molecular complexity index is 293. The van der Waals surface area contributed by atoms with Crippen LogP contribution in [0.3, 0.4) is 0 Å². The third-order valence-electron chi connectivity index (χ3n) is 2.94. The second kappa shape index (κ2) is 7.45. The molecule has 0 aliphatic carbocycles. The standard InChI is InChI=1S/C15H25N/c1-4-8-13-9-7-10-14(12-13)15(6-3)16-11-5-2/h7,9-10,12,15-16H,4-6,8,11H2,1-3H3. The van der Waals surface area contributed by atoms with E-state index in [4.69, 9.17) is 0 Å². The van der Waals surface area contributed by atoms with Crippen LogP contribution in [0.2, 0.25) is 0 Å². The quantitative estimate of drug-likeness (QED) is 0.728. The summed E-state index contributed by atoms with van der Waals surface area (Å²) in [5, 5.41) is 3.60. The van der Waals surface area contributed by atoms with Crippen LogP contribution in [0, 0.1) is 0 Å². The number of aryl methyl sites for hydroxylation is 1. The van der Waals surface area contributed by atoms with Crippen molar-refractivity contribution in [1.82, 2.24) is 5.32 Å². The highest BCUT2D eigenvalue weighted by atomic mass is 14.9. The van der Waals surface area contributed by atoms with Crippen LogP contribution < -0.4 is 5.32 Å². The third-order valence-corrected chi connectivity index (χ3v) is 2.94. The molecule has 16 heavy (non-hydrogen) atoms. The summed E-state index contributed by atoms with van der Waals surface area (Å²) in [7, 11) is 0. The van der Waals surface area contributed by atoms with Crippen molar-refractivity contribution < 1.29 is 0 Å². The lowest BCUT2D eigenvalue weighted by Gasteiger charge is -2.17. The van der Waals surface area contributed by atoms with Gasteiger partial charge >= 0.3 is 0 Å². The van der Waals surface area contributed by atoms with Gasteiger partial charge in [-0.3, -0.25) is 0 Å². The molecule has 1 nitrogen and oxygen atoms in total. The van der Waals surface area contributed by atoms with Gasteiger partial charge in [0, 0.05) is 6.04 Å². The predicted octanol–water partition coefficient (Wildman–Crippen LogP) is 4.09. The van der Waals surface area contributed by atoms with Crippen molar-refractivity contribution in [1.29, 1.82) is 0 Å². The van der Waals surface area contributed by atoms with E-state index in [0.29, 0.717) is 6.04 Å². The maximum absolute atomic E-state index is 3.60. The molecule has 0 radical (unpaired) electrons. The number of benzene rings is 1. The van der Waals surface area contributed by atoms with E-state index >= 15 is 0 Å². The van der Waals surface area contributed by atoms with Crippen LogP contribution in [0.5, 0.6) is 0 Å². The molecule has 0 aliphatic heterocycles. The van der Waals surface area contributed by atoms with Gasteiger partial charge in [0.1, 0.15) is 0 Å². The molecule has 0 aliphatic rings. The van der Waals surface area contributed by atoms with Crippen LogP contribution in [0.1, 0.15) is 57.2 Å². The summed E-state index contributed by atoms with van der Waals surface area (Å²) in [6.07, 6.45) is 4.78. The van der Waals surface area contributed by atoms with E-state index in [-0.39, 0.29) is 0 Å². The third kappa shape index (κ3) is 3.97. The first-order valence-electron chi connectivity index (χ1n) is 6.64. The van der Waals surface area contributed by atoms with E-state index in [1.165, 1.54) is 30.4 Å². The van der Waals surface area contributed by atoms with Gasteiger partial charge < -0.3 is 5.32 Å². The van der Waals surface area contributed by atoms with Gasteiger partial charge in [-0.2, -0.15) is 0 Å². The van der Waals surface area contributed by atoms with Gasteiger partial charge in [-0.15, -0.1) is 0 Å². The molecule has 1 atom stereocenters. The van der Waals surface area contributed by atoms with Gasteiger partial charge in [0.2, 0.25) is 0 Å². The van der Waals surface area contributed by atoms with Crippen LogP contribution >= 0.6 is 0 Å². The zero-order valence-electron chi connectivity index (χ0n) is 10.9. The zero-order chi connectivity index (χ0) is 11.8. The van der Waals surface area contributed by atoms with Crippen molar-refractivity contribution >= 4 is 0 Å². The molecule has 0 heterocycles. The normalized spacial score (nSPS) is 12.7. The fourth-order valence-electron chi connectivity index (χ4n) is 2.07. The maximum atomic E-state index is 3.60. The summed E-state index contributed by atoms with van der Waals surface area (Å²) in [6, 6.07) is 9.56. The molecule has 0 bridgehead atoms. The summed E-state index contributed by atoms with van der Waals surface area (Å²) in [6.45, 7) is 7.81. The van der Waals surface area contributed by atoms with Crippen molar-refractivity contribution in [2.45, 2.75) is 52.5 Å². The Morgan fingerprint density at radius 3 is 2.56 bits per heavy atom. The summed E-state index contributed by atoms with van der Waals surface area (Å²) < 4.78 is 0. The lowest BCUT2D eigenvalue weighted by molar-refractivity contribution is 0.518. The van der Waals surface area contributed by atoms with Crippen LogP contribution in [-0.4, -0.2) is 6.54 Å². The lowest BCUT2D eigenvalue weighted by Crippen LogP contribution is -2.21. The first-order chi connectivity index (χ1) is 7.81. The van der Waals surface area contributed by atoms with Gasteiger partial charge in [-0.05, 0) is 36.9 Å². The van der Waals surface area contributed by atoms with Crippen LogP contribution in [-0.2, 0) is 6.42 Å². The fourth-order valence-corrected chi connectivity index (χ4v) is 2.07. The minimum absolute atomic E-state index is 0.525. The molecule has 1 unspecified atom stereocenters. The van der Waals surface area contributed by atoms with Gasteiger partial charge in [0.05, 0.1) is 0 Å². The molecule has 0 aromatic heterocycles. The SMILES string of the molecule is CCCNC(CC)c1cccc(CCC)c1. The first kappa shape index (κ1) is 13.2. The topological polar surface area (TPSA) is 12.0 Å². The number of hydrogen-bond donors (Lipinski definition) is 1. The molecule has 1 aromatic rings. The Labute approximate surface area is 100 Å². The summed E-state index contributed by atoms with van der Waals surface area (Å²) in [5.74, 6) is 0. The Hall–Kier alpha value is -0.820. The van der Waals surface area contributed by atoms with E-state index in [9.17, 15) is 0 Å². The Morgan fingerprint density at radius 1 is 1.12 bits per heavy atom. The minimum atomic E-state index is 0.525. The molecule has 0 amide bonds. The van der Waals surface area contributed by atoms with E-state index in [1.54, 1.807) is 0 Å². The van der Waals surface area contributed by atoms with Gasteiger partial charge in [-0.1, -0.05) is 51.5 Å². The van der Waals surface area contributed by atoms with Crippen molar-refractivity contribution in [3.63, 3.8) is 0 Å². The number of hydrogen-bond acceptors (Lipinski definition) is 1. The maximum Gasteiger partial charge on any atom is 0.0317 e. The molecule has 0 fully saturated rings. The van der Waals surface area contributed by atoms with Crippen LogP contribution in [0.15, 0.2) is 24.3 Å². The highest BCUT2D eigenvalue weighted by molar-refractivity contribution is 5.26. The summed E-state index contributed by atoms with van der Waals surface area (Å²) in [5.41, 5.74) is 2.92. The van der Waals surface area contributed by atoms with Gasteiger partial charge in [-0.25, -0.2) is 0 Å². The Morgan fingerprint density at radius 2 is 1.94 bits per heavy atom. The molecule has 90 valence electrons. The summed E-state index contributed by atoms with van der Waals surface area (Å²) in [4.78, 5) is 0. The first-order valence-corrected chi connectivity index (χ1v) is 6.64. The number of nitrogens with one attached hydrogen (secondary N) is 1. The molecule has 1 aromatic carbocycles. The zero-order valence-corrected chi connectivity index (χ0v) is 10.9. The highest BCUT2D eigenvalue weighted by Gasteiger charge is 2.07. The fraction of sp³-hybridized carbons (Fsp3) is 0.600. The average Bonchev–Trinajstić information content (AvgIpc) is 2.31. The molecule has 0 saturated carbocycles. The number of rotatable bonds is 7. The smallest absolute Gasteiger partial charge is 0.0317 e. The van der Waals surface area contributed by atoms with Crippen molar-refractivity contribution in [2.24, 2.45) is 0 Å². The largest absolute Gasteiger partial charge is 0.310 e. The molecule has 1 rings (SSSR count). The Balaban J connectivity index is 2.71. The van der Waals surface area contributed by atoms with Crippen LogP contribution in [0.4, 0.5) is 0 Å². The highest BCUT2D eigenvalue weighted by Crippen LogP contribution is 2.18. The van der Waals surface area contributed by atoms with E-state index in [1.807, 2.05) is 0 Å². The van der Waals surface area contributed by atoms with Gasteiger partial charge in [0.15, 0.2) is 0 Å². The van der Waals surface area contributed by atoms with Crippen LogP contribution in [0.25, 0.3) is 0 Å². The molecule has 0 saturated heterocycles. The molecule has 0 spiro atoms. The van der Waals surface area contributed by atoms with Crippen molar-refractivity contribution in [3.05, 3.63) is 35.4 Å². The minimum Gasteiger partial charge on any atom is -0.310 e. The molecular weight excluding hydrogens is 194 g/mol. The molecule has 1 heteroatoms.